The highest BCUT2D eigenvalue weighted by atomic mass is 16.5. The number of nitrogens with zero attached hydrogens (tertiary/aromatic N) is 2. The number of likely N-dealkylation sites (tertiary alicyclic amines) is 1. The summed E-state index contributed by atoms with van der Waals surface area (Å²) in [5.41, 5.74) is 6.81. The van der Waals surface area contributed by atoms with Gasteiger partial charge in [0.25, 0.3) is 0 Å². The third-order valence-electron chi connectivity index (χ3n) is 4.23. The van der Waals surface area contributed by atoms with Crippen LogP contribution in [0.1, 0.15) is 19.3 Å². The van der Waals surface area contributed by atoms with Crippen LogP contribution >= 0.6 is 0 Å². The number of anilines is 1. The second kappa shape index (κ2) is 6.45. The number of piperidine rings is 1. The Bertz CT molecular complexity index is 498. The van der Waals surface area contributed by atoms with E-state index in [1.165, 1.54) is 0 Å². The van der Waals surface area contributed by atoms with Gasteiger partial charge in [-0.05, 0) is 31.4 Å². The summed E-state index contributed by atoms with van der Waals surface area (Å²) < 4.78 is 5.71. The van der Waals surface area contributed by atoms with E-state index >= 15 is 0 Å². The highest BCUT2D eigenvalue weighted by Gasteiger charge is 2.25. The molecule has 0 aromatic heterocycles. The predicted molar refractivity (Wildman–Crippen MR) is 82.6 cm³/mol. The first-order valence-corrected chi connectivity index (χ1v) is 7.74. The van der Waals surface area contributed by atoms with Crippen molar-refractivity contribution in [2.45, 2.75) is 25.3 Å². The Morgan fingerprint density at radius 3 is 2.81 bits per heavy atom. The molecule has 5 nitrogen and oxygen atoms in total. The van der Waals surface area contributed by atoms with Crippen LogP contribution in [0.5, 0.6) is 5.75 Å². The molecule has 0 radical (unpaired) electrons. The summed E-state index contributed by atoms with van der Waals surface area (Å²) in [4.78, 5) is 16.7. The third kappa shape index (κ3) is 3.36. The molecule has 0 atom stereocenters. The fourth-order valence-electron chi connectivity index (χ4n) is 2.97. The van der Waals surface area contributed by atoms with Gasteiger partial charge in [-0.1, -0.05) is 12.1 Å². The molecule has 3 rings (SSSR count). The van der Waals surface area contributed by atoms with Gasteiger partial charge in [0.1, 0.15) is 5.75 Å². The van der Waals surface area contributed by atoms with Crippen LogP contribution in [0.15, 0.2) is 24.3 Å². The first kappa shape index (κ1) is 14.4. The summed E-state index contributed by atoms with van der Waals surface area (Å²) >= 11 is 0. The van der Waals surface area contributed by atoms with Crippen molar-refractivity contribution in [1.29, 1.82) is 0 Å². The van der Waals surface area contributed by atoms with Crippen molar-refractivity contribution in [3.8, 4) is 5.75 Å². The molecule has 0 aliphatic carbocycles. The van der Waals surface area contributed by atoms with Gasteiger partial charge in [0.05, 0.1) is 18.8 Å². The van der Waals surface area contributed by atoms with Crippen molar-refractivity contribution >= 4 is 11.6 Å². The number of amides is 1. The minimum atomic E-state index is 0.156. The van der Waals surface area contributed by atoms with Crippen molar-refractivity contribution in [3.63, 3.8) is 0 Å². The molecule has 0 bridgehead atoms. The number of benzene rings is 1. The van der Waals surface area contributed by atoms with E-state index in [4.69, 9.17) is 10.5 Å². The Morgan fingerprint density at radius 1 is 1.24 bits per heavy atom. The third-order valence-corrected chi connectivity index (χ3v) is 4.23. The molecule has 114 valence electrons. The van der Waals surface area contributed by atoms with Crippen LogP contribution in [-0.4, -0.2) is 49.6 Å². The summed E-state index contributed by atoms with van der Waals surface area (Å²) in [7, 11) is 0. The van der Waals surface area contributed by atoms with Gasteiger partial charge in [0, 0.05) is 25.7 Å². The first-order chi connectivity index (χ1) is 10.2. The quantitative estimate of drug-likeness (QED) is 0.889. The molecule has 21 heavy (non-hydrogen) atoms. The van der Waals surface area contributed by atoms with Gasteiger partial charge >= 0.3 is 0 Å². The molecule has 1 aromatic carbocycles. The maximum absolute atomic E-state index is 12.7. The molecule has 0 spiro atoms. The standard InChI is InChI=1S/C16H23N3O2/c17-13-6-9-18(10-7-13)12-16(20)19-8-3-11-21-15-5-2-1-4-14(15)19/h1-2,4-5,13H,3,6-12,17H2. The fourth-order valence-corrected chi connectivity index (χ4v) is 2.97. The SMILES string of the molecule is NC1CCN(CC(=O)N2CCCOc3ccccc32)CC1. The summed E-state index contributed by atoms with van der Waals surface area (Å²) in [6.07, 6.45) is 2.82. The molecule has 0 unspecified atom stereocenters. The lowest BCUT2D eigenvalue weighted by atomic mass is 10.1. The maximum Gasteiger partial charge on any atom is 0.241 e. The zero-order valence-corrected chi connectivity index (χ0v) is 12.3. The molecule has 0 saturated carbocycles. The van der Waals surface area contributed by atoms with Crippen LogP contribution in [0.2, 0.25) is 0 Å². The van der Waals surface area contributed by atoms with Gasteiger partial charge < -0.3 is 15.4 Å². The maximum atomic E-state index is 12.7. The summed E-state index contributed by atoms with van der Waals surface area (Å²) in [5, 5.41) is 0. The van der Waals surface area contributed by atoms with Gasteiger partial charge in [0.15, 0.2) is 0 Å². The topological polar surface area (TPSA) is 58.8 Å². The minimum Gasteiger partial charge on any atom is -0.491 e. The van der Waals surface area contributed by atoms with E-state index in [2.05, 4.69) is 4.90 Å². The smallest absolute Gasteiger partial charge is 0.241 e. The normalized spacial score (nSPS) is 20.5. The molecule has 2 heterocycles. The zero-order chi connectivity index (χ0) is 14.7. The summed E-state index contributed by atoms with van der Waals surface area (Å²) in [5.74, 6) is 0.965. The van der Waals surface area contributed by atoms with Gasteiger partial charge in [0.2, 0.25) is 5.91 Å². The van der Waals surface area contributed by atoms with Crippen LogP contribution in [0.3, 0.4) is 0 Å². The Morgan fingerprint density at radius 2 is 2.00 bits per heavy atom. The van der Waals surface area contributed by atoms with E-state index in [1.807, 2.05) is 29.2 Å². The van der Waals surface area contributed by atoms with Gasteiger partial charge in [-0.15, -0.1) is 0 Å². The van der Waals surface area contributed by atoms with Crippen molar-refractivity contribution in [2.75, 3.05) is 37.7 Å². The van der Waals surface area contributed by atoms with E-state index in [-0.39, 0.29) is 5.91 Å². The van der Waals surface area contributed by atoms with Crippen molar-refractivity contribution < 1.29 is 9.53 Å². The van der Waals surface area contributed by atoms with Gasteiger partial charge in [-0.25, -0.2) is 0 Å². The van der Waals surface area contributed by atoms with Gasteiger partial charge in [-0.2, -0.15) is 0 Å². The van der Waals surface area contributed by atoms with Crippen LogP contribution in [0, 0.1) is 0 Å². The average molecular weight is 289 g/mol. The molecule has 1 fully saturated rings. The second-order valence-corrected chi connectivity index (χ2v) is 5.83. The summed E-state index contributed by atoms with van der Waals surface area (Å²) in [6.45, 7) is 3.70. The highest BCUT2D eigenvalue weighted by molar-refractivity contribution is 5.96. The zero-order valence-electron chi connectivity index (χ0n) is 12.3. The molecule has 1 aromatic rings. The van der Waals surface area contributed by atoms with Crippen molar-refractivity contribution in [2.24, 2.45) is 5.73 Å². The molecule has 2 aliphatic heterocycles. The number of rotatable bonds is 2. The molecular formula is C16H23N3O2. The number of hydrogen-bond donors (Lipinski definition) is 1. The summed E-state index contributed by atoms with van der Waals surface area (Å²) in [6, 6.07) is 8.08. The Labute approximate surface area is 125 Å². The van der Waals surface area contributed by atoms with Crippen molar-refractivity contribution in [1.82, 2.24) is 4.90 Å². The molecule has 1 saturated heterocycles. The predicted octanol–water partition coefficient (Wildman–Crippen LogP) is 1.23. The van der Waals surface area contributed by atoms with E-state index in [0.717, 1.165) is 50.3 Å². The second-order valence-electron chi connectivity index (χ2n) is 5.83. The van der Waals surface area contributed by atoms with Gasteiger partial charge in [-0.3, -0.25) is 9.69 Å². The molecule has 2 aliphatic rings. The lowest BCUT2D eigenvalue weighted by Gasteiger charge is -2.31. The van der Waals surface area contributed by atoms with Crippen LogP contribution in [-0.2, 0) is 4.79 Å². The lowest BCUT2D eigenvalue weighted by Crippen LogP contribution is -2.46. The Hall–Kier alpha value is -1.59. The first-order valence-electron chi connectivity index (χ1n) is 7.74. The number of carbonyl (C=O) groups is 1. The number of ether oxygens (including phenoxy) is 1. The average Bonchev–Trinajstić information content (AvgIpc) is 2.72. The van der Waals surface area contributed by atoms with E-state index in [1.54, 1.807) is 0 Å². The van der Waals surface area contributed by atoms with Crippen LogP contribution in [0.4, 0.5) is 5.69 Å². The van der Waals surface area contributed by atoms with Crippen molar-refractivity contribution in [3.05, 3.63) is 24.3 Å². The Kier molecular flexibility index (Phi) is 4.41. The minimum absolute atomic E-state index is 0.156. The number of carbonyl (C=O) groups excluding carboxylic acids is 1. The van der Waals surface area contributed by atoms with Crippen LogP contribution < -0.4 is 15.4 Å². The number of para-hydroxylation sites is 2. The monoisotopic (exact) mass is 289 g/mol. The Balaban J connectivity index is 1.69. The van der Waals surface area contributed by atoms with E-state index in [0.29, 0.717) is 19.2 Å². The van der Waals surface area contributed by atoms with E-state index in [9.17, 15) is 4.79 Å². The molecule has 2 N–H and O–H groups in total. The number of nitrogens with two attached hydrogens (primary N) is 1. The highest BCUT2D eigenvalue weighted by Crippen LogP contribution is 2.30. The number of fused-ring (bicyclic) bond motifs is 1. The largest absolute Gasteiger partial charge is 0.491 e. The lowest BCUT2D eigenvalue weighted by molar-refractivity contribution is -0.120. The number of hydrogen-bond acceptors (Lipinski definition) is 4. The molecule has 1 amide bonds. The van der Waals surface area contributed by atoms with E-state index < -0.39 is 0 Å². The molecule has 5 heteroatoms. The van der Waals surface area contributed by atoms with Crippen LogP contribution in [0.25, 0.3) is 0 Å². The molecular weight excluding hydrogens is 266 g/mol. The fraction of sp³-hybridized carbons (Fsp3) is 0.562.